The molecular formula is C21H21BrN6. The Kier molecular flexibility index (Phi) is 4.63. The molecule has 1 N–H and O–H groups in total. The number of nitrogens with one attached hydrogen (secondary N) is 1. The Morgan fingerprint density at radius 1 is 1.07 bits per heavy atom. The molecule has 0 spiro atoms. The zero-order chi connectivity index (χ0) is 19.9. The van der Waals surface area contributed by atoms with Crippen LogP contribution in [-0.4, -0.2) is 26.0 Å². The van der Waals surface area contributed by atoms with Crippen LogP contribution in [0.15, 0.2) is 52.0 Å². The minimum absolute atomic E-state index is 0.136. The molecule has 0 unspecified atom stereocenters. The largest absolute Gasteiger partial charge is 0.327 e. The number of nitrogens with zero attached hydrogens (tertiary/aromatic N) is 5. The Balaban J connectivity index is 1.57. The summed E-state index contributed by atoms with van der Waals surface area (Å²) in [5.41, 5.74) is 7.89. The fourth-order valence-corrected chi connectivity index (χ4v) is 3.47. The molecule has 0 amide bonds. The smallest absolute Gasteiger partial charge is 0.265 e. The summed E-state index contributed by atoms with van der Waals surface area (Å²) in [6.45, 7) is 6.59. The van der Waals surface area contributed by atoms with Crippen molar-refractivity contribution in [3.63, 3.8) is 0 Å². The summed E-state index contributed by atoms with van der Waals surface area (Å²) in [6.07, 6.45) is 1.75. The molecule has 0 fully saturated rings. The van der Waals surface area contributed by atoms with E-state index >= 15 is 0 Å². The lowest BCUT2D eigenvalue weighted by molar-refractivity contribution is 0.590. The number of hydrogen-bond donors (Lipinski definition) is 1. The van der Waals surface area contributed by atoms with Crippen LogP contribution in [0.4, 0.5) is 5.95 Å². The van der Waals surface area contributed by atoms with Gasteiger partial charge in [-0.15, -0.1) is 10.2 Å². The van der Waals surface area contributed by atoms with Gasteiger partial charge >= 0.3 is 0 Å². The molecule has 4 aromatic rings. The molecule has 2 aromatic carbocycles. The van der Waals surface area contributed by atoms with Crippen LogP contribution in [0.25, 0.3) is 22.1 Å². The first kappa shape index (κ1) is 18.6. The second kappa shape index (κ2) is 6.98. The molecule has 0 aliphatic carbocycles. The monoisotopic (exact) mass is 436 g/mol. The van der Waals surface area contributed by atoms with Crippen LogP contribution in [0, 0.1) is 0 Å². The predicted molar refractivity (Wildman–Crippen MR) is 118 cm³/mol. The Morgan fingerprint density at radius 2 is 1.82 bits per heavy atom. The van der Waals surface area contributed by atoms with Crippen molar-refractivity contribution in [1.82, 2.24) is 19.7 Å². The third-order valence-electron chi connectivity index (χ3n) is 4.72. The lowest BCUT2D eigenvalue weighted by Gasteiger charge is -2.18. The molecule has 7 heteroatoms. The Hall–Kier alpha value is -2.80. The molecule has 0 saturated heterocycles. The first-order valence-electron chi connectivity index (χ1n) is 9.01. The van der Waals surface area contributed by atoms with Gasteiger partial charge in [-0.05, 0) is 34.7 Å². The van der Waals surface area contributed by atoms with E-state index in [9.17, 15) is 0 Å². The molecule has 0 atom stereocenters. The summed E-state index contributed by atoms with van der Waals surface area (Å²) in [4.78, 5) is 4.57. The van der Waals surface area contributed by atoms with Crippen molar-refractivity contribution < 1.29 is 0 Å². The minimum atomic E-state index is 0.136. The maximum absolute atomic E-state index is 4.57. The van der Waals surface area contributed by atoms with Crippen LogP contribution in [0.5, 0.6) is 0 Å². The van der Waals surface area contributed by atoms with E-state index in [1.165, 1.54) is 5.56 Å². The van der Waals surface area contributed by atoms with Crippen LogP contribution < -0.4 is 5.43 Å². The van der Waals surface area contributed by atoms with Gasteiger partial charge in [-0.25, -0.2) is 5.43 Å². The molecule has 4 rings (SSSR count). The maximum Gasteiger partial charge on any atom is 0.265 e. The van der Waals surface area contributed by atoms with E-state index in [0.29, 0.717) is 5.95 Å². The lowest BCUT2D eigenvalue weighted by atomic mass is 9.87. The summed E-state index contributed by atoms with van der Waals surface area (Å²) < 4.78 is 3.00. The quantitative estimate of drug-likeness (QED) is 0.361. The van der Waals surface area contributed by atoms with Gasteiger partial charge in [0.2, 0.25) is 0 Å². The standard InChI is InChI=1S/C21H21BrN6/c1-21(2,3)14-7-5-13(6-8-14)12-23-26-20-24-19-18(25-27-20)16-11-15(22)9-10-17(16)28(19)4/h5-12H,1-4H3,(H,24,26,27)/b23-12+. The highest BCUT2D eigenvalue weighted by atomic mass is 79.9. The molecule has 0 radical (unpaired) electrons. The van der Waals surface area contributed by atoms with Crippen LogP contribution >= 0.6 is 15.9 Å². The predicted octanol–water partition coefficient (Wildman–Crippen LogP) is 5.02. The summed E-state index contributed by atoms with van der Waals surface area (Å²) in [5, 5.41) is 13.8. The number of halogens is 1. The highest BCUT2D eigenvalue weighted by Crippen LogP contribution is 2.28. The second-order valence-electron chi connectivity index (χ2n) is 7.77. The van der Waals surface area contributed by atoms with Gasteiger partial charge in [-0.2, -0.15) is 10.1 Å². The number of hydrazone groups is 1. The van der Waals surface area contributed by atoms with Gasteiger partial charge in [-0.1, -0.05) is 61.0 Å². The van der Waals surface area contributed by atoms with E-state index < -0.39 is 0 Å². The SMILES string of the molecule is Cn1c2ccc(Br)cc2c2nnc(N/N=C/c3ccc(C(C)(C)C)cc3)nc21. The van der Waals surface area contributed by atoms with E-state index in [-0.39, 0.29) is 5.41 Å². The number of benzene rings is 2. The van der Waals surface area contributed by atoms with E-state index in [0.717, 1.165) is 32.1 Å². The van der Waals surface area contributed by atoms with Crippen LogP contribution in [0.2, 0.25) is 0 Å². The Labute approximate surface area is 171 Å². The first-order chi connectivity index (χ1) is 13.3. The molecular weight excluding hydrogens is 416 g/mol. The molecule has 0 aliphatic heterocycles. The zero-order valence-corrected chi connectivity index (χ0v) is 17.8. The molecule has 6 nitrogen and oxygen atoms in total. The molecule has 142 valence electrons. The third kappa shape index (κ3) is 3.49. The van der Waals surface area contributed by atoms with Crippen molar-refractivity contribution in [2.24, 2.45) is 12.1 Å². The van der Waals surface area contributed by atoms with Gasteiger partial charge in [0.05, 0.1) is 11.7 Å². The van der Waals surface area contributed by atoms with Gasteiger partial charge in [0.15, 0.2) is 5.65 Å². The van der Waals surface area contributed by atoms with E-state index in [1.807, 2.05) is 29.8 Å². The van der Waals surface area contributed by atoms with Gasteiger partial charge in [0, 0.05) is 16.9 Å². The van der Waals surface area contributed by atoms with Crippen molar-refractivity contribution in [3.05, 3.63) is 58.1 Å². The van der Waals surface area contributed by atoms with Gasteiger partial charge in [-0.3, -0.25) is 0 Å². The molecule has 2 heterocycles. The van der Waals surface area contributed by atoms with Crippen LogP contribution in [-0.2, 0) is 12.5 Å². The molecule has 28 heavy (non-hydrogen) atoms. The average molecular weight is 437 g/mol. The van der Waals surface area contributed by atoms with Crippen molar-refractivity contribution in [2.45, 2.75) is 26.2 Å². The average Bonchev–Trinajstić information content (AvgIpc) is 2.93. The third-order valence-corrected chi connectivity index (χ3v) is 5.21. The summed E-state index contributed by atoms with van der Waals surface area (Å²) in [5.74, 6) is 0.361. The van der Waals surface area contributed by atoms with Gasteiger partial charge in [0.25, 0.3) is 5.95 Å². The lowest BCUT2D eigenvalue weighted by Crippen LogP contribution is -2.10. The van der Waals surface area contributed by atoms with E-state index in [4.69, 9.17) is 0 Å². The fraction of sp³-hybridized carbons (Fsp3) is 0.238. The second-order valence-corrected chi connectivity index (χ2v) is 8.69. The number of fused-ring (bicyclic) bond motifs is 3. The zero-order valence-electron chi connectivity index (χ0n) is 16.2. The van der Waals surface area contributed by atoms with E-state index in [1.54, 1.807) is 6.21 Å². The Bertz CT molecular complexity index is 1190. The van der Waals surface area contributed by atoms with Crippen molar-refractivity contribution in [1.29, 1.82) is 0 Å². The minimum Gasteiger partial charge on any atom is -0.327 e. The molecule has 0 aliphatic rings. The summed E-state index contributed by atoms with van der Waals surface area (Å²) >= 11 is 3.50. The maximum atomic E-state index is 4.57. The molecule has 0 bridgehead atoms. The topological polar surface area (TPSA) is 68.0 Å². The summed E-state index contributed by atoms with van der Waals surface area (Å²) in [7, 11) is 1.97. The van der Waals surface area contributed by atoms with Crippen molar-refractivity contribution in [2.75, 3.05) is 5.43 Å². The van der Waals surface area contributed by atoms with Crippen molar-refractivity contribution >= 4 is 50.2 Å². The Morgan fingerprint density at radius 3 is 2.54 bits per heavy atom. The number of rotatable bonds is 3. The molecule has 2 aromatic heterocycles. The number of aryl methyl sites for hydroxylation is 1. The van der Waals surface area contributed by atoms with Crippen LogP contribution in [0.1, 0.15) is 31.9 Å². The van der Waals surface area contributed by atoms with Gasteiger partial charge in [0.1, 0.15) is 5.52 Å². The summed E-state index contributed by atoms with van der Waals surface area (Å²) in [6, 6.07) is 14.4. The normalized spacial score (nSPS) is 12.3. The van der Waals surface area contributed by atoms with Crippen LogP contribution in [0.3, 0.4) is 0 Å². The number of aromatic nitrogens is 4. The van der Waals surface area contributed by atoms with Gasteiger partial charge < -0.3 is 4.57 Å². The van der Waals surface area contributed by atoms with E-state index in [2.05, 4.69) is 86.7 Å². The number of anilines is 1. The highest BCUT2D eigenvalue weighted by Gasteiger charge is 2.13. The fourth-order valence-electron chi connectivity index (χ4n) is 3.11. The number of hydrogen-bond acceptors (Lipinski definition) is 5. The first-order valence-corrected chi connectivity index (χ1v) is 9.80. The van der Waals surface area contributed by atoms with Crippen molar-refractivity contribution in [3.8, 4) is 0 Å². The highest BCUT2D eigenvalue weighted by molar-refractivity contribution is 9.10. The molecule has 0 saturated carbocycles.